The van der Waals surface area contributed by atoms with E-state index in [0.29, 0.717) is 6.29 Å². The molecule has 0 aliphatic rings. The molecule has 0 saturated carbocycles. The van der Waals surface area contributed by atoms with Crippen LogP contribution in [0.4, 0.5) is 22.0 Å². The number of aldehydes is 1. The van der Waals surface area contributed by atoms with Crippen LogP contribution in [0.25, 0.3) is 0 Å². The van der Waals surface area contributed by atoms with Gasteiger partial charge in [-0.1, -0.05) is 0 Å². The zero-order chi connectivity index (χ0) is 14.6. The van der Waals surface area contributed by atoms with Crippen LogP contribution in [0.2, 0.25) is 0 Å². The lowest BCUT2D eigenvalue weighted by molar-refractivity contribution is -0.135. The molecule has 0 spiro atoms. The number of rotatable bonds is 5. The number of halogens is 5. The van der Waals surface area contributed by atoms with Gasteiger partial charge in [0.25, 0.3) is 0 Å². The van der Waals surface area contributed by atoms with E-state index in [9.17, 15) is 31.5 Å². The zero-order valence-corrected chi connectivity index (χ0v) is 9.31. The average Bonchev–Trinajstić information content (AvgIpc) is 2.39. The van der Waals surface area contributed by atoms with Crippen LogP contribution in [-0.4, -0.2) is 12.3 Å². The molecule has 1 aromatic carbocycles. The highest BCUT2D eigenvalue weighted by Gasteiger charge is 2.28. The fraction of sp³-hybridized carbons (Fsp3) is 0.273. The second-order valence-corrected chi connectivity index (χ2v) is 3.43. The highest BCUT2D eigenvalue weighted by atomic mass is 19.2. The molecule has 3 nitrogen and oxygen atoms in total. The van der Waals surface area contributed by atoms with Gasteiger partial charge in [-0.2, -0.15) is 8.78 Å². The highest BCUT2D eigenvalue weighted by Crippen LogP contribution is 2.29. The Morgan fingerprint density at radius 2 is 1.42 bits per heavy atom. The van der Waals surface area contributed by atoms with Crippen LogP contribution in [-0.2, 0) is 9.59 Å². The van der Waals surface area contributed by atoms with E-state index in [4.69, 9.17) is 0 Å². The van der Waals surface area contributed by atoms with E-state index < -0.39 is 47.2 Å². The number of carbonyl (C=O) groups is 2. The fourth-order valence-corrected chi connectivity index (χ4v) is 1.17. The first-order valence-electron chi connectivity index (χ1n) is 5.05. The fourth-order valence-electron chi connectivity index (χ4n) is 1.17. The van der Waals surface area contributed by atoms with E-state index in [2.05, 4.69) is 4.74 Å². The third-order valence-corrected chi connectivity index (χ3v) is 2.09. The van der Waals surface area contributed by atoms with Gasteiger partial charge in [0.1, 0.15) is 6.29 Å². The Kier molecular flexibility index (Phi) is 4.96. The molecule has 0 bridgehead atoms. The maximum absolute atomic E-state index is 13.1. The van der Waals surface area contributed by atoms with Crippen molar-refractivity contribution >= 4 is 12.3 Å². The number of unbranched alkanes of at least 4 members (excludes halogenated alkanes) is 1. The lowest BCUT2D eigenvalue weighted by atomic mass is 10.2. The van der Waals surface area contributed by atoms with E-state index >= 15 is 0 Å². The third-order valence-electron chi connectivity index (χ3n) is 2.09. The summed E-state index contributed by atoms with van der Waals surface area (Å²) in [6.45, 7) is 0. The highest BCUT2D eigenvalue weighted by molar-refractivity contribution is 5.72. The molecular formula is C11H7F5O3. The van der Waals surface area contributed by atoms with Gasteiger partial charge in [-0.3, -0.25) is 4.79 Å². The number of hydrogen-bond acceptors (Lipinski definition) is 3. The Hall–Kier alpha value is -1.99. The molecule has 0 fully saturated rings. The lowest BCUT2D eigenvalue weighted by Crippen LogP contribution is -2.13. The van der Waals surface area contributed by atoms with Gasteiger partial charge in [-0.05, 0) is 6.42 Å². The summed E-state index contributed by atoms with van der Waals surface area (Å²) in [5, 5.41) is 0. The molecule has 8 heteroatoms. The Bertz CT molecular complexity index is 487. The Labute approximate surface area is 104 Å². The number of hydrogen-bond donors (Lipinski definition) is 0. The molecule has 0 aliphatic carbocycles. The Morgan fingerprint density at radius 1 is 0.947 bits per heavy atom. The van der Waals surface area contributed by atoms with Crippen LogP contribution >= 0.6 is 0 Å². The molecule has 19 heavy (non-hydrogen) atoms. The van der Waals surface area contributed by atoms with Crippen molar-refractivity contribution in [3.05, 3.63) is 29.1 Å². The van der Waals surface area contributed by atoms with Crippen molar-refractivity contribution in [1.29, 1.82) is 0 Å². The van der Waals surface area contributed by atoms with Crippen LogP contribution in [0.1, 0.15) is 19.3 Å². The first-order chi connectivity index (χ1) is 8.90. The molecule has 1 rings (SSSR count). The number of ether oxygens (including phenoxy) is 1. The van der Waals surface area contributed by atoms with Crippen molar-refractivity contribution in [1.82, 2.24) is 0 Å². The van der Waals surface area contributed by atoms with Gasteiger partial charge in [-0.15, -0.1) is 0 Å². The molecule has 0 amide bonds. The van der Waals surface area contributed by atoms with Gasteiger partial charge >= 0.3 is 5.97 Å². The topological polar surface area (TPSA) is 43.4 Å². The summed E-state index contributed by atoms with van der Waals surface area (Å²) >= 11 is 0. The minimum absolute atomic E-state index is 0.00616. The third kappa shape index (κ3) is 3.27. The van der Waals surface area contributed by atoms with Crippen molar-refractivity contribution in [2.75, 3.05) is 0 Å². The first-order valence-corrected chi connectivity index (χ1v) is 5.05. The summed E-state index contributed by atoms with van der Waals surface area (Å²) in [4.78, 5) is 21.1. The average molecular weight is 282 g/mol. The van der Waals surface area contributed by atoms with Crippen molar-refractivity contribution in [3.63, 3.8) is 0 Å². The van der Waals surface area contributed by atoms with Crippen LogP contribution in [0, 0.1) is 29.1 Å². The molecule has 1 aromatic rings. The normalized spacial score (nSPS) is 10.4. The largest absolute Gasteiger partial charge is 0.420 e. The summed E-state index contributed by atoms with van der Waals surface area (Å²) in [6.07, 6.45) is 0.161. The van der Waals surface area contributed by atoms with E-state index in [1.807, 2.05) is 0 Å². The summed E-state index contributed by atoms with van der Waals surface area (Å²) in [7, 11) is 0. The van der Waals surface area contributed by atoms with E-state index in [1.165, 1.54) is 0 Å². The van der Waals surface area contributed by atoms with Crippen molar-refractivity contribution < 1.29 is 36.3 Å². The summed E-state index contributed by atoms with van der Waals surface area (Å²) in [6, 6.07) is 0. The predicted molar refractivity (Wildman–Crippen MR) is 51.8 cm³/mol. The maximum atomic E-state index is 13.1. The second kappa shape index (κ2) is 6.26. The van der Waals surface area contributed by atoms with Gasteiger partial charge in [0.15, 0.2) is 0 Å². The van der Waals surface area contributed by atoms with Gasteiger partial charge in [-0.25, -0.2) is 13.2 Å². The SMILES string of the molecule is O=CCCCC(=O)Oc1c(F)c(F)c(F)c(F)c1F. The van der Waals surface area contributed by atoms with Crippen LogP contribution in [0.5, 0.6) is 5.75 Å². The number of carbonyl (C=O) groups excluding carboxylic acids is 2. The summed E-state index contributed by atoms with van der Waals surface area (Å²) in [5.41, 5.74) is 0. The molecule has 0 heterocycles. The van der Waals surface area contributed by atoms with Crippen molar-refractivity contribution in [3.8, 4) is 5.75 Å². The smallest absolute Gasteiger partial charge is 0.311 e. The first kappa shape index (κ1) is 15.1. The quantitative estimate of drug-likeness (QED) is 0.159. The van der Waals surface area contributed by atoms with Crippen molar-refractivity contribution in [2.24, 2.45) is 0 Å². The van der Waals surface area contributed by atoms with E-state index in [0.717, 1.165) is 0 Å². The maximum Gasteiger partial charge on any atom is 0.311 e. The minimum atomic E-state index is -2.34. The van der Waals surface area contributed by atoms with Gasteiger partial charge in [0, 0.05) is 12.8 Å². The van der Waals surface area contributed by atoms with Gasteiger partial charge in [0.2, 0.25) is 34.8 Å². The van der Waals surface area contributed by atoms with E-state index in [1.54, 1.807) is 0 Å². The number of benzene rings is 1. The Balaban J connectivity index is 2.95. The van der Waals surface area contributed by atoms with Crippen LogP contribution in [0.3, 0.4) is 0 Å². The van der Waals surface area contributed by atoms with Gasteiger partial charge in [0.05, 0.1) is 0 Å². The summed E-state index contributed by atoms with van der Waals surface area (Å²) < 4.78 is 68.5. The molecular weight excluding hydrogens is 275 g/mol. The monoisotopic (exact) mass is 282 g/mol. The molecule has 0 radical (unpaired) electrons. The standard InChI is InChI=1S/C11H7F5O3/c12-6-7(13)9(15)11(10(16)8(6)14)19-5(18)3-1-2-4-17/h4H,1-3H2. The zero-order valence-electron chi connectivity index (χ0n) is 9.31. The van der Waals surface area contributed by atoms with Crippen molar-refractivity contribution in [2.45, 2.75) is 19.3 Å². The molecule has 0 atom stereocenters. The number of esters is 1. The van der Waals surface area contributed by atoms with Gasteiger partial charge < -0.3 is 9.53 Å². The van der Waals surface area contributed by atoms with Crippen LogP contribution < -0.4 is 4.74 Å². The molecule has 0 unspecified atom stereocenters. The minimum Gasteiger partial charge on any atom is -0.420 e. The molecule has 0 aliphatic heterocycles. The predicted octanol–water partition coefficient (Wildman–Crippen LogP) is 2.66. The molecule has 0 saturated heterocycles. The second-order valence-electron chi connectivity index (χ2n) is 3.43. The molecule has 0 N–H and O–H groups in total. The lowest BCUT2D eigenvalue weighted by Gasteiger charge is -2.08. The van der Waals surface area contributed by atoms with E-state index in [-0.39, 0.29) is 12.8 Å². The van der Waals surface area contributed by atoms with Crippen LogP contribution in [0.15, 0.2) is 0 Å². The molecule has 104 valence electrons. The summed E-state index contributed by atoms with van der Waals surface area (Å²) in [5.74, 6) is -14.0. The Morgan fingerprint density at radius 3 is 1.89 bits per heavy atom. The molecule has 0 aromatic heterocycles.